The van der Waals surface area contributed by atoms with E-state index in [-0.39, 0.29) is 11.9 Å². The molecular weight excluding hydrogens is 258 g/mol. The quantitative estimate of drug-likeness (QED) is 0.816. The van der Waals surface area contributed by atoms with Crippen molar-refractivity contribution >= 4 is 5.91 Å². The number of nitrogens with two attached hydrogens (primary N) is 1. The molecule has 1 amide bonds. The van der Waals surface area contributed by atoms with E-state index in [1.54, 1.807) is 37.3 Å². The van der Waals surface area contributed by atoms with Crippen molar-refractivity contribution in [1.82, 2.24) is 10.2 Å². The van der Waals surface area contributed by atoms with Crippen LogP contribution in [0.25, 0.3) is 0 Å². The van der Waals surface area contributed by atoms with Crippen molar-refractivity contribution in [2.45, 2.75) is 6.04 Å². The molecule has 0 aromatic heterocycles. The van der Waals surface area contributed by atoms with Crippen LogP contribution in [0.15, 0.2) is 18.2 Å². The molecule has 1 saturated heterocycles. The zero-order valence-corrected chi connectivity index (χ0v) is 11.9. The summed E-state index contributed by atoms with van der Waals surface area (Å²) < 4.78 is 10.5. The summed E-state index contributed by atoms with van der Waals surface area (Å²) in [5.74, 6) is 1.11. The molecule has 1 aliphatic rings. The van der Waals surface area contributed by atoms with Gasteiger partial charge in [-0.05, 0) is 18.2 Å². The monoisotopic (exact) mass is 279 g/mol. The van der Waals surface area contributed by atoms with Crippen LogP contribution in [0.4, 0.5) is 0 Å². The number of benzene rings is 1. The van der Waals surface area contributed by atoms with Crippen molar-refractivity contribution in [2.75, 3.05) is 40.4 Å². The highest BCUT2D eigenvalue weighted by Gasteiger charge is 2.28. The van der Waals surface area contributed by atoms with Crippen molar-refractivity contribution in [2.24, 2.45) is 5.73 Å². The molecule has 1 atom stereocenters. The Kier molecular flexibility index (Phi) is 4.81. The molecule has 0 aliphatic carbocycles. The summed E-state index contributed by atoms with van der Waals surface area (Å²) in [7, 11) is 3.13. The molecule has 0 spiro atoms. The molecule has 1 aromatic rings. The van der Waals surface area contributed by atoms with Crippen molar-refractivity contribution in [1.29, 1.82) is 0 Å². The van der Waals surface area contributed by atoms with E-state index in [9.17, 15) is 4.79 Å². The first kappa shape index (κ1) is 14.6. The number of piperazine rings is 1. The summed E-state index contributed by atoms with van der Waals surface area (Å²) in [6, 6.07) is 5.23. The van der Waals surface area contributed by atoms with E-state index >= 15 is 0 Å². The summed E-state index contributed by atoms with van der Waals surface area (Å²) in [6.45, 7) is 2.56. The van der Waals surface area contributed by atoms with Crippen LogP contribution in [-0.4, -0.2) is 57.2 Å². The van der Waals surface area contributed by atoms with Gasteiger partial charge >= 0.3 is 0 Å². The lowest BCUT2D eigenvalue weighted by Crippen LogP contribution is -2.56. The van der Waals surface area contributed by atoms with Crippen LogP contribution in [0.1, 0.15) is 10.4 Å². The molecule has 1 aliphatic heterocycles. The van der Waals surface area contributed by atoms with Crippen molar-refractivity contribution in [3.05, 3.63) is 23.8 Å². The Hall–Kier alpha value is -1.79. The van der Waals surface area contributed by atoms with Gasteiger partial charge < -0.3 is 25.4 Å². The number of nitrogens with zero attached hydrogens (tertiary/aromatic N) is 1. The first-order valence-corrected chi connectivity index (χ1v) is 6.65. The first-order chi connectivity index (χ1) is 9.71. The first-order valence-electron chi connectivity index (χ1n) is 6.65. The molecular formula is C14H21N3O3. The summed E-state index contributed by atoms with van der Waals surface area (Å²) in [6.07, 6.45) is 0. The van der Waals surface area contributed by atoms with Gasteiger partial charge in [-0.3, -0.25) is 4.79 Å². The van der Waals surface area contributed by atoms with Crippen molar-refractivity contribution in [3.8, 4) is 11.5 Å². The zero-order chi connectivity index (χ0) is 14.5. The molecule has 0 saturated carbocycles. The molecule has 0 radical (unpaired) electrons. The average molecular weight is 279 g/mol. The topological polar surface area (TPSA) is 76.8 Å². The minimum absolute atomic E-state index is 0.00663. The van der Waals surface area contributed by atoms with Crippen LogP contribution >= 0.6 is 0 Å². The minimum Gasteiger partial charge on any atom is -0.497 e. The second-order valence-electron chi connectivity index (χ2n) is 4.66. The van der Waals surface area contributed by atoms with Gasteiger partial charge in [0.25, 0.3) is 5.91 Å². The number of ether oxygens (including phenoxy) is 2. The molecule has 20 heavy (non-hydrogen) atoms. The number of carbonyl (C=O) groups is 1. The van der Waals surface area contributed by atoms with Crippen molar-refractivity contribution in [3.63, 3.8) is 0 Å². The maximum absolute atomic E-state index is 12.7. The van der Waals surface area contributed by atoms with E-state index in [2.05, 4.69) is 5.32 Å². The Morgan fingerprint density at radius 1 is 1.45 bits per heavy atom. The minimum atomic E-state index is -0.0716. The lowest BCUT2D eigenvalue weighted by atomic mass is 10.1. The zero-order valence-electron chi connectivity index (χ0n) is 11.9. The molecule has 2 rings (SSSR count). The highest BCUT2D eigenvalue weighted by molar-refractivity contribution is 5.97. The van der Waals surface area contributed by atoms with Crippen LogP contribution < -0.4 is 20.5 Å². The fourth-order valence-electron chi connectivity index (χ4n) is 2.37. The summed E-state index contributed by atoms with van der Waals surface area (Å²) in [4.78, 5) is 14.5. The van der Waals surface area contributed by atoms with E-state index in [1.165, 1.54) is 0 Å². The van der Waals surface area contributed by atoms with E-state index in [4.69, 9.17) is 15.2 Å². The Balaban J connectivity index is 2.31. The largest absolute Gasteiger partial charge is 0.497 e. The van der Waals surface area contributed by atoms with Crippen LogP contribution in [0.2, 0.25) is 0 Å². The number of hydrogen-bond donors (Lipinski definition) is 2. The molecule has 1 aromatic carbocycles. The molecule has 6 nitrogen and oxygen atoms in total. The number of hydrogen-bond acceptors (Lipinski definition) is 5. The van der Waals surface area contributed by atoms with Gasteiger partial charge in [-0.1, -0.05) is 0 Å². The number of carbonyl (C=O) groups excluding carboxylic acids is 1. The number of rotatable bonds is 4. The lowest BCUT2D eigenvalue weighted by molar-refractivity contribution is 0.0641. The third-order valence-corrected chi connectivity index (χ3v) is 3.52. The van der Waals surface area contributed by atoms with Gasteiger partial charge in [-0.25, -0.2) is 0 Å². The number of methoxy groups -OCH3 is 2. The summed E-state index contributed by atoms with van der Waals surface area (Å²) in [5.41, 5.74) is 6.25. The van der Waals surface area contributed by atoms with E-state index in [0.717, 1.165) is 6.54 Å². The number of amides is 1. The van der Waals surface area contributed by atoms with Gasteiger partial charge in [0.1, 0.15) is 11.5 Å². The molecule has 110 valence electrons. The van der Waals surface area contributed by atoms with Crippen LogP contribution in [0.5, 0.6) is 11.5 Å². The van der Waals surface area contributed by atoms with Gasteiger partial charge in [-0.2, -0.15) is 0 Å². The standard InChI is InChI=1S/C14H21N3O3/c1-19-11-3-4-13(20-2)12(7-11)14(18)17-6-5-16-9-10(17)8-15/h3-4,7,10,16H,5-6,8-9,15H2,1-2H3. The smallest absolute Gasteiger partial charge is 0.258 e. The molecule has 1 unspecified atom stereocenters. The third kappa shape index (κ3) is 2.86. The van der Waals surface area contributed by atoms with E-state index in [1.807, 2.05) is 0 Å². The van der Waals surface area contributed by atoms with Crippen LogP contribution in [-0.2, 0) is 0 Å². The molecule has 6 heteroatoms. The second-order valence-corrected chi connectivity index (χ2v) is 4.66. The normalized spacial score (nSPS) is 18.8. The summed E-state index contributed by atoms with van der Waals surface area (Å²) in [5, 5.41) is 3.24. The highest BCUT2D eigenvalue weighted by atomic mass is 16.5. The van der Waals surface area contributed by atoms with Gasteiger partial charge in [0.15, 0.2) is 0 Å². The van der Waals surface area contributed by atoms with Gasteiger partial charge in [0.2, 0.25) is 0 Å². The average Bonchev–Trinajstić information content (AvgIpc) is 2.53. The predicted octanol–water partition coefficient (Wildman–Crippen LogP) is 0.0765. The lowest BCUT2D eigenvalue weighted by Gasteiger charge is -2.35. The van der Waals surface area contributed by atoms with Gasteiger partial charge in [0.05, 0.1) is 25.8 Å². The fraction of sp³-hybridized carbons (Fsp3) is 0.500. The second kappa shape index (κ2) is 6.58. The third-order valence-electron chi connectivity index (χ3n) is 3.52. The van der Waals surface area contributed by atoms with Crippen molar-refractivity contribution < 1.29 is 14.3 Å². The maximum atomic E-state index is 12.7. The Labute approximate surface area is 118 Å². The van der Waals surface area contributed by atoms with E-state index < -0.39 is 0 Å². The Morgan fingerprint density at radius 2 is 2.25 bits per heavy atom. The van der Waals surface area contributed by atoms with Crippen LogP contribution in [0.3, 0.4) is 0 Å². The fourth-order valence-corrected chi connectivity index (χ4v) is 2.37. The summed E-state index contributed by atoms with van der Waals surface area (Å²) >= 11 is 0. The number of nitrogens with one attached hydrogen (secondary N) is 1. The Bertz CT molecular complexity index is 479. The SMILES string of the molecule is COc1ccc(OC)c(C(=O)N2CCNCC2CN)c1. The molecule has 1 fully saturated rings. The predicted molar refractivity (Wildman–Crippen MR) is 76.3 cm³/mol. The Morgan fingerprint density at radius 3 is 2.90 bits per heavy atom. The molecule has 1 heterocycles. The van der Waals surface area contributed by atoms with E-state index in [0.29, 0.717) is 36.7 Å². The van der Waals surface area contributed by atoms with Gasteiger partial charge in [0, 0.05) is 26.2 Å². The van der Waals surface area contributed by atoms with Gasteiger partial charge in [-0.15, -0.1) is 0 Å². The van der Waals surface area contributed by atoms with Crippen LogP contribution in [0, 0.1) is 0 Å². The highest BCUT2D eigenvalue weighted by Crippen LogP contribution is 2.26. The maximum Gasteiger partial charge on any atom is 0.258 e. The molecule has 3 N–H and O–H groups in total. The molecule has 0 bridgehead atoms.